The average molecular weight is 345 g/mol. The monoisotopic (exact) mass is 345 g/mol. The van der Waals surface area contributed by atoms with Crippen molar-refractivity contribution in [3.63, 3.8) is 0 Å². The molecule has 2 aromatic rings. The summed E-state index contributed by atoms with van der Waals surface area (Å²) in [6, 6.07) is 13.1. The van der Waals surface area contributed by atoms with Crippen LogP contribution in [0.2, 0.25) is 0 Å². The van der Waals surface area contributed by atoms with Crippen molar-refractivity contribution in [3.05, 3.63) is 59.4 Å². The fourth-order valence-corrected chi connectivity index (χ4v) is 2.65. The van der Waals surface area contributed by atoms with E-state index in [-0.39, 0.29) is 17.5 Å². The molecule has 3 nitrogen and oxygen atoms in total. The van der Waals surface area contributed by atoms with Gasteiger partial charge in [-0.1, -0.05) is 32.0 Å². The van der Waals surface area contributed by atoms with Gasteiger partial charge < -0.3 is 15.2 Å². The highest BCUT2D eigenvalue weighted by Crippen LogP contribution is 2.26. The molecule has 136 valence electrons. The van der Waals surface area contributed by atoms with Gasteiger partial charge in [-0.05, 0) is 61.2 Å². The molecule has 2 N–H and O–H groups in total. The molecule has 1 atom stereocenters. The van der Waals surface area contributed by atoms with E-state index in [0.29, 0.717) is 25.7 Å². The molecule has 2 aromatic carbocycles. The second-order valence-electron chi connectivity index (χ2n) is 6.61. The number of rotatable bonds is 9. The third-order valence-corrected chi connectivity index (χ3v) is 4.00. The fourth-order valence-electron chi connectivity index (χ4n) is 2.65. The Morgan fingerprint density at radius 2 is 1.76 bits per heavy atom. The Labute approximate surface area is 150 Å². The lowest BCUT2D eigenvalue weighted by atomic mass is 9.92. The molecule has 0 heterocycles. The highest BCUT2D eigenvalue weighted by atomic mass is 19.1. The van der Waals surface area contributed by atoms with Gasteiger partial charge in [0.2, 0.25) is 0 Å². The van der Waals surface area contributed by atoms with Crippen LogP contribution in [-0.4, -0.2) is 19.8 Å². The van der Waals surface area contributed by atoms with Gasteiger partial charge in [0.05, 0.1) is 13.2 Å². The van der Waals surface area contributed by atoms with Crippen molar-refractivity contribution in [1.82, 2.24) is 0 Å². The van der Waals surface area contributed by atoms with Crippen molar-refractivity contribution in [3.8, 4) is 11.5 Å². The second-order valence-corrected chi connectivity index (χ2v) is 6.61. The standard InChI is InChI=1S/C21H28FNO2/c1-4-24-21-10-7-17(12-20(21)22)18(13-23)11-16-5-8-19(9-6-16)25-14-15(2)3/h5-10,12,15,18H,4,11,13-14,23H2,1-3H3. The molecule has 0 fully saturated rings. The fraction of sp³-hybridized carbons (Fsp3) is 0.429. The van der Waals surface area contributed by atoms with Gasteiger partial charge in [0.25, 0.3) is 0 Å². The molecular weight excluding hydrogens is 317 g/mol. The van der Waals surface area contributed by atoms with Crippen LogP contribution in [0.1, 0.15) is 37.8 Å². The van der Waals surface area contributed by atoms with Gasteiger partial charge in [-0.25, -0.2) is 4.39 Å². The van der Waals surface area contributed by atoms with Gasteiger partial charge in [-0.2, -0.15) is 0 Å². The molecule has 0 aliphatic rings. The third kappa shape index (κ3) is 5.75. The summed E-state index contributed by atoms with van der Waals surface area (Å²) in [5.41, 5.74) is 7.98. The van der Waals surface area contributed by atoms with Crippen molar-refractivity contribution in [2.45, 2.75) is 33.1 Å². The number of halogens is 1. The predicted octanol–water partition coefficient (Wildman–Crippen LogP) is 4.54. The van der Waals surface area contributed by atoms with Crippen LogP contribution in [0, 0.1) is 11.7 Å². The lowest BCUT2D eigenvalue weighted by molar-refractivity contribution is 0.271. The van der Waals surface area contributed by atoms with Gasteiger partial charge in [0.15, 0.2) is 11.6 Å². The first-order valence-electron chi connectivity index (χ1n) is 8.87. The summed E-state index contributed by atoms with van der Waals surface area (Å²) in [6.07, 6.45) is 0.758. The van der Waals surface area contributed by atoms with Gasteiger partial charge >= 0.3 is 0 Å². The maximum atomic E-state index is 14.1. The Hall–Kier alpha value is -2.07. The smallest absolute Gasteiger partial charge is 0.165 e. The second kappa shape index (κ2) is 9.42. The summed E-state index contributed by atoms with van der Waals surface area (Å²) in [4.78, 5) is 0. The first-order chi connectivity index (χ1) is 12.0. The van der Waals surface area contributed by atoms with Gasteiger partial charge in [0.1, 0.15) is 5.75 Å². The molecule has 2 rings (SSSR count). The van der Waals surface area contributed by atoms with E-state index in [9.17, 15) is 4.39 Å². The van der Waals surface area contributed by atoms with E-state index in [0.717, 1.165) is 23.3 Å². The zero-order valence-corrected chi connectivity index (χ0v) is 15.3. The zero-order chi connectivity index (χ0) is 18.2. The van der Waals surface area contributed by atoms with Crippen molar-refractivity contribution >= 4 is 0 Å². The lowest BCUT2D eigenvalue weighted by Crippen LogP contribution is -2.15. The molecule has 0 saturated carbocycles. The molecule has 1 unspecified atom stereocenters. The maximum Gasteiger partial charge on any atom is 0.165 e. The van der Waals surface area contributed by atoms with Crippen molar-refractivity contribution in [2.24, 2.45) is 11.7 Å². The SMILES string of the molecule is CCOc1ccc(C(CN)Cc2ccc(OCC(C)C)cc2)cc1F. The van der Waals surface area contributed by atoms with Crippen LogP contribution in [0.25, 0.3) is 0 Å². The summed E-state index contributed by atoms with van der Waals surface area (Å²) in [5, 5.41) is 0. The molecule has 25 heavy (non-hydrogen) atoms. The van der Waals surface area contributed by atoms with Crippen LogP contribution in [-0.2, 0) is 6.42 Å². The minimum atomic E-state index is -0.338. The number of nitrogens with two attached hydrogens (primary N) is 1. The lowest BCUT2D eigenvalue weighted by Gasteiger charge is -2.17. The van der Waals surface area contributed by atoms with Crippen molar-refractivity contribution < 1.29 is 13.9 Å². The van der Waals surface area contributed by atoms with Gasteiger partial charge in [0, 0.05) is 5.92 Å². The van der Waals surface area contributed by atoms with Gasteiger partial charge in [-0.3, -0.25) is 0 Å². The van der Waals surface area contributed by atoms with E-state index in [1.54, 1.807) is 6.07 Å². The molecule has 0 aliphatic carbocycles. The third-order valence-electron chi connectivity index (χ3n) is 4.00. The Balaban J connectivity index is 2.05. The number of benzene rings is 2. The summed E-state index contributed by atoms with van der Waals surface area (Å²) in [5.74, 6) is 1.38. The topological polar surface area (TPSA) is 44.5 Å². The quantitative estimate of drug-likeness (QED) is 0.725. The molecule has 4 heteroatoms. The molecular formula is C21H28FNO2. The van der Waals surface area contributed by atoms with E-state index >= 15 is 0 Å². The van der Waals surface area contributed by atoms with E-state index in [4.69, 9.17) is 15.2 Å². The molecule has 0 bridgehead atoms. The first-order valence-corrected chi connectivity index (χ1v) is 8.87. The van der Waals surface area contributed by atoms with Crippen molar-refractivity contribution in [1.29, 1.82) is 0 Å². The largest absolute Gasteiger partial charge is 0.493 e. The molecule has 0 aliphatic heterocycles. The minimum Gasteiger partial charge on any atom is -0.493 e. The van der Waals surface area contributed by atoms with Crippen LogP contribution in [0.5, 0.6) is 11.5 Å². The molecule has 0 aromatic heterocycles. The van der Waals surface area contributed by atoms with Crippen LogP contribution in [0.15, 0.2) is 42.5 Å². The van der Waals surface area contributed by atoms with Crippen LogP contribution in [0.3, 0.4) is 0 Å². The maximum absolute atomic E-state index is 14.1. The Kier molecular flexibility index (Phi) is 7.26. The number of ether oxygens (including phenoxy) is 2. The van der Waals surface area contributed by atoms with Crippen LogP contribution in [0.4, 0.5) is 4.39 Å². The van der Waals surface area contributed by atoms with E-state index in [2.05, 4.69) is 13.8 Å². The van der Waals surface area contributed by atoms with Gasteiger partial charge in [-0.15, -0.1) is 0 Å². The van der Waals surface area contributed by atoms with E-state index in [1.165, 1.54) is 6.07 Å². The van der Waals surface area contributed by atoms with Crippen LogP contribution >= 0.6 is 0 Å². The highest BCUT2D eigenvalue weighted by molar-refractivity contribution is 5.34. The molecule has 0 spiro atoms. The molecule has 0 amide bonds. The van der Waals surface area contributed by atoms with Crippen molar-refractivity contribution in [2.75, 3.05) is 19.8 Å². The summed E-state index contributed by atoms with van der Waals surface area (Å²) < 4.78 is 25.1. The zero-order valence-electron chi connectivity index (χ0n) is 15.3. The van der Waals surface area contributed by atoms with E-state index in [1.807, 2.05) is 37.3 Å². The van der Waals surface area contributed by atoms with E-state index < -0.39 is 0 Å². The number of hydrogen-bond donors (Lipinski definition) is 1. The summed E-state index contributed by atoms with van der Waals surface area (Å²) in [6.45, 7) is 7.69. The minimum absolute atomic E-state index is 0.0626. The normalized spacial score (nSPS) is 12.2. The Morgan fingerprint density at radius 3 is 2.32 bits per heavy atom. The molecule has 0 radical (unpaired) electrons. The Bertz CT molecular complexity index is 655. The van der Waals surface area contributed by atoms with Crippen LogP contribution < -0.4 is 15.2 Å². The first kappa shape index (κ1) is 19.3. The summed E-state index contributed by atoms with van der Waals surface area (Å²) >= 11 is 0. The summed E-state index contributed by atoms with van der Waals surface area (Å²) in [7, 11) is 0. The average Bonchev–Trinajstić information content (AvgIpc) is 2.61. The number of hydrogen-bond acceptors (Lipinski definition) is 3. The highest BCUT2D eigenvalue weighted by Gasteiger charge is 2.14. The Morgan fingerprint density at radius 1 is 1.04 bits per heavy atom. The molecule has 0 saturated heterocycles. The predicted molar refractivity (Wildman–Crippen MR) is 99.8 cm³/mol.